The number of benzene rings is 1. The van der Waals surface area contributed by atoms with Crippen LogP contribution in [-0.4, -0.2) is 113 Å². The van der Waals surface area contributed by atoms with Crippen LogP contribution in [0.4, 0.5) is 9.59 Å². The van der Waals surface area contributed by atoms with Crippen molar-refractivity contribution in [3.63, 3.8) is 0 Å². The topological polar surface area (TPSA) is 167 Å². The Morgan fingerprint density at radius 3 is 2.53 bits per heavy atom. The lowest BCUT2D eigenvalue weighted by Crippen LogP contribution is -2.56. The highest BCUT2D eigenvalue weighted by atomic mass is 16.6. The van der Waals surface area contributed by atoms with Crippen molar-refractivity contribution >= 4 is 30.0 Å². The zero-order valence-electron chi connectivity index (χ0n) is 29.6. The molecule has 1 aromatic rings. The molecule has 1 aromatic carbocycles. The van der Waals surface area contributed by atoms with E-state index < -0.39 is 53.7 Å². The normalized spacial score (nSPS) is 28.2. The Kier molecular flexibility index (Phi) is 11.4. The maximum Gasteiger partial charge on any atom is 0.410 e. The van der Waals surface area contributed by atoms with E-state index in [4.69, 9.17) is 14.2 Å². The first-order valence-electron chi connectivity index (χ1n) is 18.4. The highest BCUT2D eigenvalue weighted by Crippen LogP contribution is 2.45. The van der Waals surface area contributed by atoms with Crippen LogP contribution in [0.5, 0.6) is 5.75 Å². The fraction of sp³-hybridized carbons (Fsp3) is 0.649. The zero-order chi connectivity index (χ0) is 36.1. The van der Waals surface area contributed by atoms with E-state index in [9.17, 15) is 29.1 Å². The second-order valence-corrected chi connectivity index (χ2v) is 14.8. The second kappa shape index (κ2) is 15.9. The van der Waals surface area contributed by atoms with Gasteiger partial charge in [0.2, 0.25) is 11.8 Å². The number of carbonyl (C=O) groups is 5. The Balaban J connectivity index is 1.16. The van der Waals surface area contributed by atoms with Crippen LogP contribution in [0.2, 0.25) is 0 Å². The number of carboxylic acids is 1. The number of alkyl carbamates (subject to hydrolysis) is 1. The molecule has 0 bridgehead atoms. The number of nitrogens with zero attached hydrogens (tertiary/aromatic N) is 3. The quantitative estimate of drug-likeness (QED) is 0.340. The number of ether oxygens (including phenoxy) is 3. The van der Waals surface area contributed by atoms with Crippen molar-refractivity contribution in [3.05, 3.63) is 41.5 Å². The van der Waals surface area contributed by atoms with Crippen LogP contribution in [-0.2, 0) is 36.9 Å². The molecule has 2 aliphatic carbocycles. The molecule has 278 valence electrons. The number of rotatable bonds is 8. The van der Waals surface area contributed by atoms with Crippen LogP contribution in [0.25, 0.3) is 0 Å². The molecule has 3 aliphatic heterocycles. The van der Waals surface area contributed by atoms with Gasteiger partial charge in [-0.25, -0.2) is 14.4 Å². The Labute approximate surface area is 298 Å². The number of hydrogen-bond acceptors (Lipinski definition) is 9. The number of aliphatic carboxylic acids is 1. The zero-order valence-corrected chi connectivity index (χ0v) is 29.6. The molecule has 14 nitrogen and oxygen atoms in total. The largest absolute Gasteiger partial charge is 0.492 e. The molecule has 14 heteroatoms. The van der Waals surface area contributed by atoms with Gasteiger partial charge in [-0.1, -0.05) is 31.1 Å². The Morgan fingerprint density at radius 2 is 1.76 bits per heavy atom. The van der Waals surface area contributed by atoms with E-state index in [1.807, 2.05) is 49.3 Å². The Morgan fingerprint density at radius 1 is 1.00 bits per heavy atom. The average Bonchev–Trinajstić information content (AvgIpc) is 3.49. The first-order chi connectivity index (χ1) is 24.5. The first-order valence-corrected chi connectivity index (χ1v) is 18.4. The number of carboxylic acid groups (broad SMARTS) is 1. The lowest BCUT2D eigenvalue weighted by molar-refractivity contribution is -0.145. The van der Waals surface area contributed by atoms with E-state index in [1.165, 1.54) is 4.90 Å². The minimum Gasteiger partial charge on any atom is -0.492 e. The number of nitrogens with one attached hydrogen (secondary N) is 2. The third-order valence-corrected chi connectivity index (χ3v) is 10.7. The molecule has 5 aliphatic rings. The summed E-state index contributed by atoms with van der Waals surface area (Å²) in [5, 5.41) is 15.6. The predicted molar refractivity (Wildman–Crippen MR) is 185 cm³/mol. The first kappa shape index (κ1) is 36.5. The lowest BCUT2D eigenvalue weighted by atomic mass is 10.0. The fourth-order valence-electron chi connectivity index (χ4n) is 7.63. The average molecular weight is 710 g/mol. The molecule has 0 unspecified atom stereocenters. The molecule has 5 atom stereocenters. The maximum atomic E-state index is 14.3. The summed E-state index contributed by atoms with van der Waals surface area (Å²) in [6.07, 6.45) is 8.65. The third kappa shape index (κ3) is 8.77. The van der Waals surface area contributed by atoms with Crippen molar-refractivity contribution in [2.75, 3.05) is 33.8 Å². The van der Waals surface area contributed by atoms with Crippen molar-refractivity contribution in [1.82, 2.24) is 25.3 Å². The minimum absolute atomic E-state index is 0.0105. The predicted octanol–water partition coefficient (Wildman–Crippen LogP) is 3.57. The number of hydrogen-bond donors (Lipinski definition) is 3. The molecule has 0 radical (unpaired) electrons. The summed E-state index contributed by atoms with van der Waals surface area (Å²) in [5.74, 6) is -1.89. The summed E-state index contributed by atoms with van der Waals surface area (Å²) in [7, 11) is 3.95. The van der Waals surface area contributed by atoms with Gasteiger partial charge in [0.25, 0.3) is 0 Å². The summed E-state index contributed by atoms with van der Waals surface area (Å²) in [6.45, 7) is 1.89. The molecule has 2 saturated carbocycles. The van der Waals surface area contributed by atoms with Gasteiger partial charge < -0.3 is 39.8 Å². The molecule has 3 fully saturated rings. The molecular formula is C37H51N5O9. The van der Waals surface area contributed by atoms with Crippen LogP contribution < -0.4 is 15.4 Å². The van der Waals surface area contributed by atoms with E-state index in [1.54, 1.807) is 4.90 Å². The molecule has 0 spiro atoms. The summed E-state index contributed by atoms with van der Waals surface area (Å²) >= 11 is 0. The van der Waals surface area contributed by atoms with Crippen LogP contribution in [0.1, 0.15) is 81.8 Å². The highest BCUT2D eigenvalue weighted by molar-refractivity contribution is 5.96. The Hall–Kier alpha value is -4.33. The monoisotopic (exact) mass is 709 g/mol. The summed E-state index contributed by atoms with van der Waals surface area (Å²) in [6, 6.07) is 3.68. The molecule has 0 aromatic heterocycles. The number of likely N-dealkylation sites (N-methyl/N-ethyl adjacent to an activating group) is 1. The van der Waals surface area contributed by atoms with E-state index in [2.05, 4.69) is 10.6 Å². The van der Waals surface area contributed by atoms with Gasteiger partial charge in [0.15, 0.2) is 0 Å². The van der Waals surface area contributed by atoms with Gasteiger partial charge >= 0.3 is 18.2 Å². The van der Waals surface area contributed by atoms with Crippen molar-refractivity contribution < 1.29 is 43.3 Å². The van der Waals surface area contributed by atoms with E-state index in [-0.39, 0.29) is 31.4 Å². The maximum absolute atomic E-state index is 14.3. The number of allylic oxidation sites excluding steroid dienone is 1. The van der Waals surface area contributed by atoms with Gasteiger partial charge in [-0.2, -0.15) is 0 Å². The third-order valence-electron chi connectivity index (χ3n) is 10.7. The van der Waals surface area contributed by atoms with E-state index in [0.29, 0.717) is 32.5 Å². The molecule has 3 N–H and O–H groups in total. The standard InChI is InChI=1S/C37H51N5O9/c1-40(2)16-17-49-28-15-14-24-21-41(22-25(24)18-28)36(48)51-29-19-31-32(43)39-37(34(45)46)20-26(37)10-6-4-3-5-7-13-30(33(44)42(31)23-29)38-35(47)50-27-11-8-9-12-27/h6,10,14-15,18,26-27,29-31H,3-5,7-9,11-13,16-17,19-23H2,1-2H3,(H,38,47)(H,39,43)(H,45,46)/t26-,29-,30+,31+,37-/m1/s1. The number of amides is 4. The molecule has 4 amide bonds. The van der Waals surface area contributed by atoms with E-state index in [0.717, 1.165) is 68.4 Å². The van der Waals surface area contributed by atoms with Gasteiger partial charge in [-0.3, -0.25) is 14.5 Å². The van der Waals surface area contributed by atoms with Crippen LogP contribution >= 0.6 is 0 Å². The second-order valence-electron chi connectivity index (χ2n) is 14.8. The Bertz CT molecular complexity index is 1510. The number of fused-ring (bicyclic) bond motifs is 3. The fourth-order valence-corrected chi connectivity index (χ4v) is 7.63. The SMILES string of the molecule is CN(C)CCOc1ccc2c(c1)CN(C(=O)O[C@@H]1C[C@H]3C(=O)N[C@]4(C(=O)O)C[C@H]4C=CCCCCC[C@H](NC(=O)OC4CCCC4)C(=O)N3C1)C2. The minimum atomic E-state index is -1.46. The smallest absolute Gasteiger partial charge is 0.410 e. The van der Waals surface area contributed by atoms with Crippen LogP contribution in [0, 0.1) is 5.92 Å². The van der Waals surface area contributed by atoms with Crippen molar-refractivity contribution in [3.8, 4) is 5.75 Å². The summed E-state index contributed by atoms with van der Waals surface area (Å²) in [4.78, 5) is 71.9. The summed E-state index contributed by atoms with van der Waals surface area (Å²) in [5.41, 5.74) is 0.468. The van der Waals surface area contributed by atoms with Crippen molar-refractivity contribution in [1.29, 1.82) is 0 Å². The van der Waals surface area contributed by atoms with Crippen LogP contribution in [0.15, 0.2) is 30.4 Å². The molecule has 1 saturated heterocycles. The lowest BCUT2D eigenvalue weighted by Gasteiger charge is -2.29. The van der Waals surface area contributed by atoms with Gasteiger partial charge in [0.05, 0.1) is 6.54 Å². The van der Waals surface area contributed by atoms with Crippen molar-refractivity contribution in [2.24, 2.45) is 5.92 Å². The molecular weight excluding hydrogens is 658 g/mol. The van der Waals surface area contributed by atoms with Gasteiger partial charge in [-0.05, 0) is 88.7 Å². The molecule has 51 heavy (non-hydrogen) atoms. The van der Waals surface area contributed by atoms with E-state index >= 15 is 0 Å². The van der Waals surface area contributed by atoms with Gasteiger partial charge in [-0.15, -0.1) is 0 Å². The highest BCUT2D eigenvalue weighted by Gasteiger charge is 2.61. The number of carbonyl (C=O) groups excluding carboxylic acids is 4. The van der Waals surface area contributed by atoms with Gasteiger partial charge in [0.1, 0.15) is 42.2 Å². The molecule has 6 rings (SSSR count). The van der Waals surface area contributed by atoms with Crippen molar-refractivity contribution in [2.45, 2.75) is 114 Å². The molecule has 3 heterocycles. The van der Waals surface area contributed by atoms with Crippen LogP contribution in [0.3, 0.4) is 0 Å². The summed E-state index contributed by atoms with van der Waals surface area (Å²) < 4.78 is 17.4. The van der Waals surface area contributed by atoms with Gasteiger partial charge in [0, 0.05) is 32.0 Å².